The van der Waals surface area contributed by atoms with Crippen molar-refractivity contribution in [3.8, 4) is 0 Å². The Morgan fingerprint density at radius 1 is 1.21 bits per heavy atom. The average molecular weight is 189 g/mol. The quantitative estimate of drug-likeness (QED) is 0.706. The fourth-order valence-corrected chi connectivity index (χ4v) is 0.818. The lowest BCUT2D eigenvalue weighted by Gasteiger charge is -1.93. The second kappa shape index (κ2) is 6.42. The molecule has 0 aliphatic rings. The van der Waals surface area contributed by atoms with Crippen LogP contribution in [0.1, 0.15) is 0 Å². The summed E-state index contributed by atoms with van der Waals surface area (Å²) in [4.78, 5) is 9.86. The van der Waals surface area contributed by atoms with Gasteiger partial charge >= 0.3 is 0 Å². The van der Waals surface area contributed by atoms with Crippen molar-refractivity contribution in [3.63, 3.8) is 0 Å². The molecule has 0 saturated carbocycles. The van der Waals surface area contributed by atoms with E-state index in [-0.39, 0.29) is 0 Å². The Hall–Kier alpha value is -2.10. The van der Waals surface area contributed by atoms with Gasteiger partial charge in [0.25, 0.3) is 0 Å². The Balaban J connectivity index is 0.000000165. The molecule has 2 rings (SSSR count). The fraction of sp³-hybridized carbons (Fsp3) is 0. The van der Waals surface area contributed by atoms with Gasteiger partial charge in [-0.15, -0.1) is 0 Å². The first kappa shape index (κ1) is 9.98. The number of carbonyl (C=O) groups is 1. The molecule has 1 aromatic heterocycles. The van der Waals surface area contributed by atoms with Crippen LogP contribution in [0.5, 0.6) is 0 Å². The zero-order valence-corrected chi connectivity index (χ0v) is 7.55. The fourth-order valence-electron chi connectivity index (χ4n) is 0.818. The van der Waals surface area contributed by atoms with Crippen LogP contribution in [0.3, 0.4) is 0 Å². The number of nitrogens with one attached hydrogen (secondary N) is 2. The number of hydrogen-bond donors (Lipinski definition) is 2. The van der Waals surface area contributed by atoms with Gasteiger partial charge < -0.3 is 5.32 Å². The van der Waals surface area contributed by atoms with E-state index in [2.05, 4.69) is 15.5 Å². The lowest BCUT2D eigenvalue weighted by molar-refractivity contribution is -0.105. The van der Waals surface area contributed by atoms with Crippen molar-refractivity contribution in [2.45, 2.75) is 0 Å². The van der Waals surface area contributed by atoms with Gasteiger partial charge in [-0.3, -0.25) is 9.89 Å². The maximum Gasteiger partial charge on any atom is 0.211 e. The maximum atomic E-state index is 9.86. The van der Waals surface area contributed by atoms with Gasteiger partial charge in [-0.1, -0.05) is 18.2 Å². The Bertz CT molecular complexity index is 314. The normalized spacial score (nSPS) is 8.29. The van der Waals surface area contributed by atoms with Crippen molar-refractivity contribution < 1.29 is 4.79 Å². The summed E-state index contributed by atoms with van der Waals surface area (Å²) in [7, 11) is 0. The standard InChI is InChI=1S/C7H7NO.C3H4N2/c9-6-8-7-4-2-1-3-5-7;1-2-4-5-3-1/h1-6H,(H,8,9);1-3H,(H,4,5). The number of H-pyrrole nitrogens is 1. The van der Waals surface area contributed by atoms with Crippen LogP contribution in [0, 0.1) is 0 Å². The zero-order valence-electron chi connectivity index (χ0n) is 7.55. The van der Waals surface area contributed by atoms with Crippen molar-refractivity contribution in [2.24, 2.45) is 0 Å². The SMILES string of the molecule is O=CNc1ccccc1.c1cn[nH]c1. The number of hydrogen-bond acceptors (Lipinski definition) is 2. The Labute approximate surface area is 82.0 Å². The average Bonchev–Trinajstić information content (AvgIpc) is 2.78. The zero-order chi connectivity index (χ0) is 10.1. The Kier molecular flexibility index (Phi) is 4.58. The largest absolute Gasteiger partial charge is 0.329 e. The molecule has 1 amide bonds. The summed E-state index contributed by atoms with van der Waals surface area (Å²) in [6, 6.07) is 11.1. The van der Waals surface area contributed by atoms with E-state index < -0.39 is 0 Å². The monoisotopic (exact) mass is 189 g/mol. The van der Waals surface area contributed by atoms with Crippen LogP contribution in [0.15, 0.2) is 48.8 Å². The first-order valence-electron chi connectivity index (χ1n) is 4.12. The molecule has 0 unspecified atom stereocenters. The number of para-hydroxylation sites is 1. The van der Waals surface area contributed by atoms with E-state index in [1.54, 1.807) is 12.4 Å². The van der Waals surface area contributed by atoms with E-state index in [0.717, 1.165) is 5.69 Å². The van der Waals surface area contributed by atoms with Crippen molar-refractivity contribution in [3.05, 3.63) is 48.8 Å². The van der Waals surface area contributed by atoms with Crippen LogP contribution in [0.25, 0.3) is 0 Å². The molecule has 0 saturated heterocycles. The first-order valence-corrected chi connectivity index (χ1v) is 4.12. The number of rotatable bonds is 2. The number of aromatic nitrogens is 2. The second-order valence-electron chi connectivity index (χ2n) is 2.39. The van der Waals surface area contributed by atoms with Crippen molar-refractivity contribution in [2.75, 3.05) is 5.32 Å². The van der Waals surface area contributed by atoms with E-state index in [1.807, 2.05) is 36.4 Å². The molecule has 0 radical (unpaired) electrons. The van der Waals surface area contributed by atoms with Gasteiger partial charge in [0.15, 0.2) is 0 Å². The highest BCUT2D eigenvalue weighted by molar-refractivity contribution is 5.70. The molecule has 1 aromatic carbocycles. The van der Waals surface area contributed by atoms with Gasteiger partial charge in [-0.05, 0) is 18.2 Å². The van der Waals surface area contributed by atoms with Crippen molar-refractivity contribution in [1.82, 2.24) is 10.2 Å². The molecule has 0 aliphatic heterocycles. The predicted molar refractivity (Wildman–Crippen MR) is 54.7 cm³/mol. The minimum atomic E-state index is 0.662. The first-order chi connectivity index (χ1) is 6.93. The summed E-state index contributed by atoms with van der Waals surface area (Å²) in [5.41, 5.74) is 0.826. The van der Waals surface area contributed by atoms with Crippen LogP contribution < -0.4 is 5.32 Å². The minimum absolute atomic E-state index is 0.662. The molecule has 0 atom stereocenters. The molecular formula is C10H11N3O. The molecule has 2 aromatic rings. The van der Waals surface area contributed by atoms with Gasteiger partial charge in [0, 0.05) is 18.1 Å². The molecule has 72 valence electrons. The van der Waals surface area contributed by atoms with Crippen molar-refractivity contribution >= 4 is 12.1 Å². The summed E-state index contributed by atoms with van der Waals surface area (Å²) in [5.74, 6) is 0. The molecule has 4 heteroatoms. The molecule has 0 aliphatic carbocycles. The summed E-state index contributed by atoms with van der Waals surface area (Å²) in [5, 5.41) is 8.74. The lowest BCUT2D eigenvalue weighted by Crippen LogP contribution is -1.91. The molecule has 4 nitrogen and oxygen atoms in total. The van der Waals surface area contributed by atoms with E-state index in [9.17, 15) is 4.79 Å². The van der Waals surface area contributed by atoms with E-state index >= 15 is 0 Å². The number of anilines is 1. The number of aromatic amines is 1. The van der Waals surface area contributed by atoms with Gasteiger partial charge in [0.05, 0.1) is 0 Å². The van der Waals surface area contributed by atoms with Gasteiger partial charge in [0.2, 0.25) is 6.41 Å². The molecule has 0 spiro atoms. The highest BCUT2D eigenvalue weighted by atomic mass is 16.1. The summed E-state index contributed by atoms with van der Waals surface area (Å²) < 4.78 is 0. The lowest BCUT2D eigenvalue weighted by atomic mass is 10.3. The smallest absolute Gasteiger partial charge is 0.211 e. The summed E-state index contributed by atoms with van der Waals surface area (Å²) in [6.45, 7) is 0. The minimum Gasteiger partial charge on any atom is -0.329 e. The van der Waals surface area contributed by atoms with Crippen LogP contribution in [0.2, 0.25) is 0 Å². The molecule has 1 heterocycles. The van der Waals surface area contributed by atoms with Crippen LogP contribution in [0.4, 0.5) is 5.69 Å². The van der Waals surface area contributed by atoms with Gasteiger partial charge in [-0.25, -0.2) is 0 Å². The summed E-state index contributed by atoms with van der Waals surface area (Å²) >= 11 is 0. The van der Waals surface area contributed by atoms with Gasteiger partial charge in [-0.2, -0.15) is 5.10 Å². The molecule has 14 heavy (non-hydrogen) atoms. The maximum absolute atomic E-state index is 9.86. The Morgan fingerprint density at radius 3 is 2.43 bits per heavy atom. The summed E-state index contributed by atoms with van der Waals surface area (Å²) in [6.07, 6.45) is 4.12. The van der Waals surface area contributed by atoms with E-state index in [4.69, 9.17) is 0 Å². The highest BCUT2D eigenvalue weighted by Crippen LogP contribution is 2.01. The van der Waals surface area contributed by atoms with Crippen LogP contribution in [-0.2, 0) is 4.79 Å². The molecule has 0 fully saturated rings. The topological polar surface area (TPSA) is 57.8 Å². The van der Waals surface area contributed by atoms with Crippen LogP contribution >= 0.6 is 0 Å². The second-order valence-corrected chi connectivity index (χ2v) is 2.39. The third-order valence-corrected chi connectivity index (χ3v) is 1.41. The van der Waals surface area contributed by atoms with Crippen molar-refractivity contribution in [1.29, 1.82) is 0 Å². The highest BCUT2D eigenvalue weighted by Gasteiger charge is 1.81. The number of carbonyl (C=O) groups excluding carboxylic acids is 1. The molecular weight excluding hydrogens is 178 g/mol. The van der Waals surface area contributed by atoms with Gasteiger partial charge in [0.1, 0.15) is 0 Å². The van der Waals surface area contributed by atoms with E-state index in [1.165, 1.54) is 0 Å². The number of amides is 1. The number of benzene rings is 1. The number of nitrogens with zero attached hydrogens (tertiary/aromatic N) is 1. The van der Waals surface area contributed by atoms with Crippen LogP contribution in [-0.4, -0.2) is 16.6 Å². The predicted octanol–water partition coefficient (Wildman–Crippen LogP) is 1.66. The third kappa shape index (κ3) is 4.06. The molecule has 0 bridgehead atoms. The Morgan fingerprint density at radius 2 is 2.00 bits per heavy atom. The third-order valence-electron chi connectivity index (χ3n) is 1.41. The van der Waals surface area contributed by atoms with E-state index in [0.29, 0.717) is 6.41 Å². The molecule has 2 N–H and O–H groups in total.